The second kappa shape index (κ2) is 11.1. The number of carbonyl (C=O) groups is 2. The van der Waals surface area contributed by atoms with E-state index < -0.39 is 0 Å². The molecule has 1 saturated heterocycles. The molecule has 0 saturated carbocycles. The minimum atomic E-state index is -0.0301. The predicted octanol–water partition coefficient (Wildman–Crippen LogP) is 3.88. The first-order chi connectivity index (χ1) is 16.5. The summed E-state index contributed by atoms with van der Waals surface area (Å²) in [6.45, 7) is 4.82. The smallest absolute Gasteiger partial charge is 0.242 e. The van der Waals surface area contributed by atoms with Crippen LogP contribution in [-0.4, -0.2) is 64.5 Å². The molecule has 0 aliphatic carbocycles. The highest BCUT2D eigenvalue weighted by Crippen LogP contribution is 2.26. The van der Waals surface area contributed by atoms with Gasteiger partial charge in [-0.3, -0.25) is 9.59 Å². The van der Waals surface area contributed by atoms with Crippen LogP contribution in [0.2, 0.25) is 5.02 Å². The Balaban J connectivity index is 1.34. The van der Waals surface area contributed by atoms with E-state index in [4.69, 9.17) is 11.6 Å². The van der Waals surface area contributed by atoms with Gasteiger partial charge >= 0.3 is 0 Å². The Morgan fingerprint density at radius 1 is 0.912 bits per heavy atom. The lowest BCUT2D eigenvalue weighted by molar-refractivity contribution is -0.141. The van der Waals surface area contributed by atoms with Crippen molar-refractivity contribution in [2.24, 2.45) is 0 Å². The summed E-state index contributed by atoms with van der Waals surface area (Å²) < 4.78 is 0. The van der Waals surface area contributed by atoms with Crippen LogP contribution in [0, 0.1) is 0 Å². The van der Waals surface area contributed by atoms with E-state index in [9.17, 15) is 9.59 Å². The molecular weight excluding hydrogens is 450 g/mol. The van der Waals surface area contributed by atoms with E-state index in [1.54, 1.807) is 4.90 Å². The molecule has 0 N–H and O–H groups in total. The molecule has 7 nitrogen and oxygen atoms in total. The Morgan fingerprint density at radius 3 is 2.26 bits per heavy atom. The summed E-state index contributed by atoms with van der Waals surface area (Å²) in [6, 6.07) is 21.2. The molecule has 3 aromatic rings. The zero-order chi connectivity index (χ0) is 23.9. The summed E-state index contributed by atoms with van der Waals surface area (Å²) in [6.07, 6.45) is 0.372. The predicted molar refractivity (Wildman–Crippen MR) is 133 cm³/mol. The van der Waals surface area contributed by atoms with Gasteiger partial charge < -0.3 is 14.7 Å². The zero-order valence-corrected chi connectivity index (χ0v) is 20.0. The van der Waals surface area contributed by atoms with Gasteiger partial charge in [0.05, 0.1) is 10.7 Å². The van der Waals surface area contributed by atoms with Crippen LogP contribution in [0.5, 0.6) is 0 Å². The highest BCUT2D eigenvalue weighted by atomic mass is 35.5. The Kier molecular flexibility index (Phi) is 7.75. The molecule has 0 bridgehead atoms. The van der Waals surface area contributed by atoms with Crippen molar-refractivity contribution in [2.75, 3.05) is 37.6 Å². The van der Waals surface area contributed by atoms with Gasteiger partial charge in [0.2, 0.25) is 11.8 Å². The molecule has 2 heterocycles. The molecule has 2 amide bonds. The summed E-state index contributed by atoms with van der Waals surface area (Å²) in [5, 5.41) is 9.36. The lowest BCUT2D eigenvalue weighted by Gasteiger charge is -2.36. The topological polar surface area (TPSA) is 69.6 Å². The van der Waals surface area contributed by atoms with Crippen molar-refractivity contribution in [3.05, 3.63) is 77.3 Å². The van der Waals surface area contributed by atoms with Crippen LogP contribution in [0.3, 0.4) is 0 Å². The molecule has 2 aromatic carbocycles. The maximum Gasteiger partial charge on any atom is 0.242 e. The molecule has 0 radical (unpaired) electrons. The van der Waals surface area contributed by atoms with Crippen LogP contribution in [0.4, 0.5) is 5.82 Å². The highest BCUT2D eigenvalue weighted by Gasteiger charge is 2.25. The molecule has 0 unspecified atom stereocenters. The van der Waals surface area contributed by atoms with Crippen LogP contribution in [0.15, 0.2) is 66.7 Å². The molecule has 0 atom stereocenters. The standard InChI is InChI=1S/C26H28ClN5O2/c1-2-25(33)32(18-20-8-4-3-5-9-20)19-26(34)31-16-14-30(15-17-31)24-13-12-23(28-29-24)21-10-6-7-11-22(21)27/h3-13H,2,14-19H2,1H3. The third-order valence-corrected chi connectivity index (χ3v) is 6.28. The van der Waals surface area contributed by atoms with Gasteiger partial charge in [0.1, 0.15) is 6.54 Å². The molecule has 1 aliphatic rings. The maximum absolute atomic E-state index is 13.0. The minimum Gasteiger partial charge on any atom is -0.352 e. The average molecular weight is 478 g/mol. The van der Waals surface area contributed by atoms with Crippen molar-refractivity contribution in [2.45, 2.75) is 19.9 Å². The number of piperazine rings is 1. The van der Waals surface area contributed by atoms with Crippen LogP contribution in [-0.2, 0) is 16.1 Å². The van der Waals surface area contributed by atoms with E-state index in [0.717, 1.165) is 22.6 Å². The van der Waals surface area contributed by atoms with Gasteiger partial charge in [0.25, 0.3) is 0 Å². The van der Waals surface area contributed by atoms with Crippen LogP contribution < -0.4 is 4.90 Å². The second-order valence-electron chi connectivity index (χ2n) is 8.21. The van der Waals surface area contributed by atoms with Gasteiger partial charge in [-0.05, 0) is 23.8 Å². The van der Waals surface area contributed by atoms with E-state index in [2.05, 4.69) is 15.1 Å². The first-order valence-electron chi connectivity index (χ1n) is 11.5. The number of halogens is 1. The summed E-state index contributed by atoms with van der Waals surface area (Å²) in [5.74, 6) is 0.719. The van der Waals surface area contributed by atoms with E-state index >= 15 is 0 Å². The fourth-order valence-electron chi connectivity index (χ4n) is 4.01. The van der Waals surface area contributed by atoms with Crippen molar-refractivity contribution in [3.63, 3.8) is 0 Å². The Hall–Kier alpha value is -3.45. The summed E-state index contributed by atoms with van der Waals surface area (Å²) in [5.41, 5.74) is 2.59. The number of rotatable bonds is 7. The number of hydrogen-bond donors (Lipinski definition) is 0. The van der Waals surface area contributed by atoms with E-state index in [-0.39, 0.29) is 18.4 Å². The van der Waals surface area contributed by atoms with Crippen LogP contribution in [0.1, 0.15) is 18.9 Å². The SMILES string of the molecule is CCC(=O)N(CC(=O)N1CCN(c2ccc(-c3ccccc3Cl)nn2)CC1)Cc1ccccc1. The van der Waals surface area contributed by atoms with Gasteiger partial charge in [0.15, 0.2) is 5.82 Å². The number of carbonyl (C=O) groups excluding carboxylic acids is 2. The van der Waals surface area contributed by atoms with Gasteiger partial charge in [-0.2, -0.15) is 0 Å². The molecule has 4 rings (SSSR count). The zero-order valence-electron chi connectivity index (χ0n) is 19.2. The van der Waals surface area contributed by atoms with E-state index in [1.807, 2.05) is 78.6 Å². The normalized spacial score (nSPS) is 13.6. The quantitative estimate of drug-likeness (QED) is 0.516. The minimum absolute atomic E-state index is 0.0234. The monoisotopic (exact) mass is 477 g/mol. The Morgan fingerprint density at radius 2 is 1.62 bits per heavy atom. The van der Waals surface area contributed by atoms with Crippen molar-refractivity contribution >= 4 is 29.2 Å². The molecule has 1 aliphatic heterocycles. The summed E-state index contributed by atoms with van der Waals surface area (Å²) in [4.78, 5) is 31.0. The van der Waals surface area contributed by atoms with Crippen LogP contribution in [0.25, 0.3) is 11.3 Å². The van der Waals surface area contributed by atoms with Gasteiger partial charge in [0, 0.05) is 44.7 Å². The molecule has 176 valence electrons. The number of benzene rings is 2. The molecule has 1 fully saturated rings. The summed E-state index contributed by atoms with van der Waals surface area (Å²) >= 11 is 6.26. The fraction of sp³-hybridized carbons (Fsp3) is 0.308. The molecule has 0 spiro atoms. The highest BCUT2D eigenvalue weighted by molar-refractivity contribution is 6.33. The van der Waals surface area contributed by atoms with Crippen LogP contribution >= 0.6 is 11.6 Å². The maximum atomic E-state index is 13.0. The lowest BCUT2D eigenvalue weighted by atomic mass is 10.1. The fourth-order valence-corrected chi connectivity index (χ4v) is 4.25. The average Bonchev–Trinajstić information content (AvgIpc) is 2.89. The third-order valence-electron chi connectivity index (χ3n) is 5.95. The molecular formula is C26H28ClN5O2. The lowest BCUT2D eigenvalue weighted by Crippen LogP contribution is -2.52. The third kappa shape index (κ3) is 5.72. The summed E-state index contributed by atoms with van der Waals surface area (Å²) in [7, 11) is 0. The van der Waals surface area contributed by atoms with E-state index in [0.29, 0.717) is 44.2 Å². The van der Waals surface area contributed by atoms with Crippen molar-refractivity contribution in [1.29, 1.82) is 0 Å². The van der Waals surface area contributed by atoms with Gasteiger partial charge in [-0.1, -0.05) is 67.1 Å². The second-order valence-corrected chi connectivity index (χ2v) is 8.62. The Bertz CT molecular complexity index is 1120. The molecule has 34 heavy (non-hydrogen) atoms. The first-order valence-corrected chi connectivity index (χ1v) is 11.9. The first kappa shape index (κ1) is 23.7. The number of aromatic nitrogens is 2. The van der Waals surface area contributed by atoms with E-state index in [1.165, 1.54) is 0 Å². The van der Waals surface area contributed by atoms with Crippen molar-refractivity contribution in [1.82, 2.24) is 20.0 Å². The number of nitrogens with zero attached hydrogens (tertiary/aromatic N) is 5. The molecule has 1 aromatic heterocycles. The number of anilines is 1. The van der Waals surface area contributed by atoms with Gasteiger partial charge in [-0.15, -0.1) is 10.2 Å². The van der Waals surface area contributed by atoms with Crippen molar-refractivity contribution < 1.29 is 9.59 Å². The largest absolute Gasteiger partial charge is 0.352 e. The number of hydrogen-bond acceptors (Lipinski definition) is 5. The molecule has 8 heteroatoms. The van der Waals surface area contributed by atoms with Gasteiger partial charge in [-0.25, -0.2) is 0 Å². The number of amides is 2. The van der Waals surface area contributed by atoms with Crippen molar-refractivity contribution in [3.8, 4) is 11.3 Å². The Labute approximate surface area is 205 Å².